The van der Waals surface area contributed by atoms with Crippen molar-refractivity contribution in [2.24, 2.45) is 0 Å². The van der Waals surface area contributed by atoms with Gasteiger partial charge in [0.1, 0.15) is 15.6 Å². The fourth-order valence-electron chi connectivity index (χ4n) is 0.943. The molecule has 0 saturated carbocycles. The SMILES string of the molecule is CCOC(=O)CCC(=O)CSCCS(C)(=O)=O. The number of hydrogen-bond acceptors (Lipinski definition) is 6. The summed E-state index contributed by atoms with van der Waals surface area (Å²) in [7, 11) is -2.96. The number of sulfone groups is 1. The summed E-state index contributed by atoms with van der Waals surface area (Å²) in [5.41, 5.74) is 0. The van der Waals surface area contributed by atoms with Gasteiger partial charge in [-0.15, -0.1) is 0 Å². The van der Waals surface area contributed by atoms with E-state index >= 15 is 0 Å². The number of Topliss-reactive ketones (excluding diaryl/α,β-unsaturated/α-hetero) is 1. The molecule has 0 N–H and O–H groups in total. The summed E-state index contributed by atoms with van der Waals surface area (Å²) in [6, 6.07) is 0. The lowest BCUT2D eigenvalue weighted by molar-refractivity contribution is -0.144. The van der Waals surface area contributed by atoms with Gasteiger partial charge in [-0.3, -0.25) is 9.59 Å². The highest BCUT2D eigenvalue weighted by Gasteiger charge is 2.08. The number of ketones is 1. The maximum Gasteiger partial charge on any atom is 0.306 e. The second kappa shape index (κ2) is 8.52. The van der Waals surface area contributed by atoms with Crippen molar-refractivity contribution in [3.8, 4) is 0 Å². The van der Waals surface area contributed by atoms with Gasteiger partial charge in [0.05, 0.1) is 24.5 Å². The van der Waals surface area contributed by atoms with Gasteiger partial charge in [-0.1, -0.05) is 0 Å². The second-order valence-corrected chi connectivity index (χ2v) is 6.89. The van der Waals surface area contributed by atoms with Crippen LogP contribution in [0.2, 0.25) is 0 Å². The number of ether oxygens (including phenoxy) is 1. The number of hydrogen-bond donors (Lipinski definition) is 0. The van der Waals surface area contributed by atoms with Crippen molar-refractivity contribution in [1.82, 2.24) is 0 Å². The van der Waals surface area contributed by atoms with Crippen molar-refractivity contribution in [1.29, 1.82) is 0 Å². The lowest BCUT2D eigenvalue weighted by atomic mass is 10.2. The molecule has 0 amide bonds. The number of carbonyl (C=O) groups excluding carboxylic acids is 2. The molecule has 0 atom stereocenters. The topological polar surface area (TPSA) is 77.5 Å². The lowest BCUT2D eigenvalue weighted by Gasteiger charge is -2.02. The molecule has 0 saturated heterocycles. The van der Waals surface area contributed by atoms with Gasteiger partial charge in [0.2, 0.25) is 0 Å². The summed E-state index contributed by atoms with van der Waals surface area (Å²) < 4.78 is 26.3. The summed E-state index contributed by atoms with van der Waals surface area (Å²) >= 11 is 1.27. The fourth-order valence-corrected chi connectivity index (χ4v) is 3.14. The number of esters is 1. The molecule has 100 valence electrons. The van der Waals surface area contributed by atoms with Crippen LogP contribution in [-0.2, 0) is 24.2 Å². The van der Waals surface area contributed by atoms with Gasteiger partial charge in [0, 0.05) is 18.4 Å². The molecule has 0 aromatic rings. The minimum Gasteiger partial charge on any atom is -0.466 e. The minimum absolute atomic E-state index is 0.0587. The molecule has 7 heteroatoms. The Bertz CT molecular complexity index is 348. The Morgan fingerprint density at radius 1 is 1.24 bits per heavy atom. The Balaban J connectivity index is 3.57. The average Bonchev–Trinajstić information content (AvgIpc) is 2.21. The predicted molar refractivity (Wildman–Crippen MR) is 67.9 cm³/mol. The van der Waals surface area contributed by atoms with Crippen molar-refractivity contribution < 1.29 is 22.7 Å². The Kier molecular flexibility index (Phi) is 8.24. The maximum absolute atomic E-state index is 11.3. The number of carbonyl (C=O) groups is 2. The van der Waals surface area contributed by atoms with E-state index in [0.29, 0.717) is 12.4 Å². The summed E-state index contributed by atoms with van der Waals surface area (Å²) in [6.45, 7) is 2.02. The first-order valence-electron chi connectivity index (χ1n) is 5.28. The van der Waals surface area contributed by atoms with Crippen LogP contribution < -0.4 is 0 Å². The van der Waals surface area contributed by atoms with Gasteiger partial charge >= 0.3 is 5.97 Å². The van der Waals surface area contributed by atoms with E-state index in [0.717, 1.165) is 6.26 Å². The van der Waals surface area contributed by atoms with Crippen LogP contribution in [0.25, 0.3) is 0 Å². The Morgan fingerprint density at radius 3 is 2.41 bits per heavy atom. The zero-order valence-corrected chi connectivity index (χ0v) is 11.7. The van der Waals surface area contributed by atoms with Gasteiger partial charge in [0.25, 0.3) is 0 Å². The molecule has 0 heterocycles. The molecule has 0 spiro atoms. The molecule has 0 radical (unpaired) electrons. The van der Waals surface area contributed by atoms with Gasteiger partial charge in [-0.25, -0.2) is 8.42 Å². The third-order valence-electron chi connectivity index (χ3n) is 1.77. The first-order chi connectivity index (χ1) is 7.85. The third kappa shape index (κ3) is 11.7. The van der Waals surface area contributed by atoms with E-state index < -0.39 is 9.84 Å². The van der Waals surface area contributed by atoms with Crippen LogP contribution in [0, 0.1) is 0 Å². The summed E-state index contributed by atoms with van der Waals surface area (Å²) in [5, 5.41) is 0. The fraction of sp³-hybridized carbons (Fsp3) is 0.800. The number of thioether (sulfide) groups is 1. The summed E-state index contributed by atoms with van der Waals surface area (Å²) in [6.07, 6.45) is 1.42. The number of rotatable bonds is 9. The lowest BCUT2D eigenvalue weighted by Crippen LogP contribution is -2.11. The molecule has 0 aliphatic carbocycles. The predicted octanol–water partition coefficient (Wildman–Crippen LogP) is 0.677. The van der Waals surface area contributed by atoms with Crippen LogP contribution in [0.5, 0.6) is 0 Å². The van der Waals surface area contributed by atoms with Crippen LogP contribution in [0.15, 0.2) is 0 Å². The van der Waals surface area contributed by atoms with E-state index in [4.69, 9.17) is 0 Å². The van der Waals surface area contributed by atoms with Crippen molar-refractivity contribution >= 4 is 33.4 Å². The van der Waals surface area contributed by atoms with Crippen molar-refractivity contribution in [3.63, 3.8) is 0 Å². The molecule has 17 heavy (non-hydrogen) atoms. The zero-order valence-electron chi connectivity index (χ0n) is 10.1. The van der Waals surface area contributed by atoms with E-state index in [9.17, 15) is 18.0 Å². The summed E-state index contributed by atoms with van der Waals surface area (Å²) in [5.74, 6) is 0.292. The van der Waals surface area contributed by atoms with Gasteiger partial charge in [-0.2, -0.15) is 11.8 Å². The highest BCUT2D eigenvalue weighted by molar-refractivity contribution is 8.01. The standard InChI is InChI=1S/C10H18O5S2/c1-3-15-10(12)5-4-9(11)8-16-6-7-17(2,13)14/h3-8H2,1-2H3. The average molecular weight is 282 g/mol. The molecule has 0 unspecified atom stereocenters. The van der Waals surface area contributed by atoms with Crippen LogP contribution in [0.4, 0.5) is 0 Å². The second-order valence-electron chi connectivity index (χ2n) is 3.53. The van der Waals surface area contributed by atoms with Gasteiger partial charge in [0.15, 0.2) is 0 Å². The van der Waals surface area contributed by atoms with E-state index in [-0.39, 0.29) is 36.1 Å². The normalized spacial score (nSPS) is 11.2. The minimum atomic E-state index is -2.96. The zero-order chi connectivity index (χ0) is 13.3. The molecular weight excluding hydrogens is 264 g/mol. The molecule has 0 aromatic carbocycles. The smallest absolute Gasteiger partial charge is 0.306 e. The Labute approximate surface area is 106 Å². The molecule has 5 nitrogen and oxygen atoms in total. The van der Waals surface area contributed by atoms with Crippen molar-refractivity contribution in [3.05, 3.63) is 0 Å². The Morgan fingerprint density at radius 2 is 1.88 bits per heavy atom. The quantitative estimate of drug-likeness (QED) is 0.457. The molecule has 0 aliphatic rings. The van der Waals surface area contributed by atoms with E-state index in [1.54, 1.807) is 6.92 Å². The first kappa shape index (κ1) is 16.4. The third-order valence-corrected chi connectivity index (χ3v) is 4.00. The van der Waals surface area contributed by atoms with Crippen LogP contribution in [-0.4, -0.2) is 50.3 Å². The van der Waals surface area contributed by atoms with Crippen LogP contribution >= 0.6 is 11.8 Å². The molecule has 0 fully saturated rings. The van der Waals surface area contributed by atoms with Crippen molar-refractivity contribution in [2.75, 3.05) is 30.1 Å². The first-order valence-corrected chi connectivity index (χ1v) is 8.49. The van der Waals surface area contributed by atoms with Gasteiger partial charge < -0.3 is 4.74 Å². The van der Waals surface area contributed by atoms with Crippen LogP contribution in [0.1, 0.15) is 19.8 Å². The van der Waals surface area contributed by atoms with E-state index in [1.807, 2.05) is 0 Å². The largest absolute Gasteiger partial charge is 0.466 e. The maximum atomic E-state index is 11.3. The molecule has 0 rings (SSSR count). The summed E-state index contributed by atoms with van der Waals surface area (Å²) in [4.78, 5) is 22.2. The van der Waals surface area contributed by atoms with Crippen LogP contribution in [0.3, 0.4) is 0 Å². The van der Waals surface area contributed by atoms with Gasteiger partial charge in [-0.05, 0) is 6.92 Å². The molecule has 0 aromatic heterocycles. The molecule has 0 bridgehead atoms. The monoisotopic (exact) mass is 282 g/mol. The highest BCUT2D eigenvalue weighted by atomic mass is 32.2. The Hall–Kier alpha value is -0.560. The highest BCUT2D eigenvalue weighted by Crippen LogP contribution is 2.05. The molecular formula is C10H18O5S2. The van der Waals surface area contributed by atoms with Crippen molar-refractivity contribution in [2.45, 2.75) is 19.8 Å². The van der Waals surface area contributed by atoms with E-state index in [2.05, 4.69) is 4.74 Å². The van der Waals surface area contributed by atoms with E-state index in [1.165, 1.54) is 11.8 Å². The molecule has 0 aliphatic heterocycles.